The number of amides is 2. The van der Waals surface area contributed by atoms with Gasteiger partial charge in [-0.05, 0) is 17.7 Å². The van der Waals surface area contributed by atoms with Gasteiger partial charge >= 0.3 is 0 Å². The number of para-hydroxylation sites is 1. The first-order valence-corrected chi connectivity index (χ1v) is 8.01. The monoisotopic (exact) mass is 324 g/mol. The van der Waals surface area contributed by atoms with Crippen molar-refractivity contribution < 1.29 is 14.3 Å². The second kappa shape index (κ2) is 7.75. The molecule has 0 radical (unpaired) electrons. The Morgan fingerprint density at radius 3 is 2.46 bits per heavy atom. The zero-order valence-electron chi connectivity index (χ0n) is 13.4. The number of carbonyl (C=O) groups excluding carboxylic acids is 2. The first kappa shape index (κ1) is 16.2. The average molecular weight is 324 g/mol. The molecule has 1 N–H and O–H groups in total. The fraction of sp³-hybridized carbons (Fsp3) is 0.263. The second-order valence-electron chi connectivity index (χ2n) is 5.72. The van der Waals surface area contributed by atoms with E-state index in [9.17, 15) is 9.59 Å². The first-order valence-electron chi connectivity index (χ1n) is 8.01. The van der Waals surface area contributed by atoms with Crippen LogP contribution in [0.5, 0.6) is 0 Å². The van der Waals surface area contributed by atoms with Gasteiger partial charge in [-0.25, -0.2) is 0 Å². The highest BCUT2D eigenvalue weighted by atomic mass is 16.5. The van der Waals surface area contributed by atoms with Gasteiger partial charge in [0.2, 0.25) is 5.91 Å². The minimum atomic E-state index is -0.717. The van der Waals surface area contributed by atoms with Gasteiger partial charge in [0, 0.05) is 18.8 Å². The van der Waals surface area contributed by atoms with Crippen molar-refractivity contribution in [3.63, 3.8) is 0 Å². The first-order chi connectivity index (χ1) is 11.7. The number of hydrogen-bond donors (Lipinski definition) is 1. The van der Waals surface area contributed by atoms with E-state index in [1.54, 1.807) is 4.90 Å². The maximum Gasteiger partial charge on any atom is 0.252 e. The van der Waals surface area contributed by atoms with E-state index < -0.39 is 6.10 Å². The lowest BCUT2D eigenvalue weighted by Crippen LogP contribution is -2.48. The summed E-state index contributed by atoms with van der Waals surface area (Å²) in [5.41, 5.74) is 1.78. The van der Waals surface area contributed by atoms with Crippen LogP contribution in [0.1, 0.15) is 12.0 Å². The van der Waals surface area contributed by atoms with Crippen molar-refractivity contribution in [2.45, 2.75) is 19.1 Å². The lowest BCUT2D eigenvalue weighted by molar-refractivity contribution is -0.155. The van der Waals surface area contributed by atoms with Gasteiger partial charge in [0.05, 0.1) is 13.0 Å². The van der Waals surface area contributed by atoms with E-state index in [0.717, 1.165) is 5.56 Å². The molecule has 5 nitrogen and oxygen atoms in total. The summed E-state index contributed by atoms with van der Waals surface area (Å²) in [4.78, 5) is 26.4. The van der Waals surface area contributed by atoms with Crippen molar-refractivity contribution >= 4 is 17.5 Å². The van der Waals surface area contributed by atoms with E-state index in [2.05, 4.69) is 5.32 Å². The zero-order chi connectivity index (χ0) is 16.8. The topological polar surface area (TPSA) is 58.6 Å². The van der Waals surface area contributed by atoms with E-state index in [-0.39, 0.29) is 18.2 Å². The van der Waals surface area contributed by atoms with E-state index in [0.29, 0.717) is 25.4 Å². The molecule has 0 aliphatic carbocycles. The molecular formula is C19H20N2O3. The Morgan fingerprint density at radius 2 is 1.75 bits per heavy atom. The van der Waals surface area contributed by atoms with Gasteiger partial charge in [-0.15, -0.1) is 0 Å². The maximum atomic E-state index is 12.5. The number of rotatable bonds is 5. The normalized spacial score (nSPS) is 17.6. The van der Waals surface area contributed by atoms with E-state index in [4.69, 9.17) is 4.74 Å². The Hall–Kier alpha value is -2.66. The Kier molecular flexibility index (Phi) is 5.23. The minimum Gasteiger partial charge on any atom is -0.366 e. The summed E-state index contributed by atoms with van der Waals surface area (Å²) in [6, 6.07) is 19.0. The quantitative estimate of drug-likeness (QED) is 0.919. The van der Waals surface area contributed by atoms with Crippen molar-refractivity contribution in [3.8, 4) is 0 Å². The molecule has 1 unspecified atom stereocenters. The van der Waals surface area contributed by atoms with Crippen LogP contribution in [-0.4, -0.2) is 36.0 Å². The highest BCUT2D eigenvalue weighted by Gasteiger charge is 2.31. The lowest BCUT2D eigenvalue weighted by Gasteiger charge is -2.32. The Labute approximate surface area is 141 Å². The molecule has 0 bridgehead atoms. The van der Waals surface area contributed by atoms with Gasteiger partial charge in [0.15, 0.2) is 0 Å². The summed E-state index contributed by atoms with van der Waals surface area (Å²) in [7, 11) is 0. The van der Waals surface area contributed by atoms with Gasteiger partial charge in [0.1, 0.15) is 6.10 Å². The van der Waals surface area contributed by atoms with Gasteiger partial charge < -0.3 is 15.0 Å². The van der Waals surface area contributed by atoms with Crippen molar-refractivity contribution in [2.75, 3.05) is 18.5 Å². The molecule has 1 aliphatic rings. The van der Waals surface area contributed by atoms with Crippen LogP contribution in [0.15, 0.2) is 60.7 Å². The van der Waals surface area contributed by atoms with Crippen molar-refractivity contribution in [1.29, 1.82) is 0 Å². The van der Waals surface area contributed by atoms with Crippen LogP contribution in [0.4, 0.5) is 5.69 Å². The maximum absolute atomic E-state index is 12.5. The SMILES string of the molecule is O=C(CC1OCCN(Cc2ccccc2)C1=O)Nc1ccccc1. The van der Waals surface area contributed by atoms with Crippen LogP contribution in [0.25, 0.3) is 0 Å². The van der Waals surface area contributed by atoms with E-state index in [1.807, 2.05) is 60.7 Å². The highest BCUT2D eigenvalue weighted by molar-refractivity contribution is 5.95. The number of morpholine rings is 1. The standard InChI is InChI=1S/C19H20N2O3/c22-18(20-16-9-5-2-6-10-16)13-17-19(23)21(11-12-24-17)14-15-7-3-1-4-8-15/h1-10,17H,11-14H2,(H,20,22). The molecule has 24 heavy (non-hydrogen) atoms. The molecule has 1 saturated heterocycles. The van der Waals surface area contributed by atoms with E-state index in [1.165, 1.54) is 0 Å². The fourth-order valence-corrected chi connectivity index (χ4v) is 2.70. The summed E-state index contributed by atoms with van der Waals surface area (Å²) in [5, 5.41) is 2.78. The van der Waals surface area contributed by atoms with Crippen LogP contribution >= 0.6 is 0 Å². The molecule has 2 aromatic carbocycles. The van der Waals surface area contributed by atoms with Gasteiger partial charge in [0.25, 0.3) is 5.91 Å². The molecule has 5 heteroatoms. The minimum absolute atomic E-state index is 0.0268. The fourth-order valence-electron chi connectivity index (χ4n) is 2.70. The van der Waals surface area contributed by atoms with Crippen molar-refractivity contribution in [3.05, 3.63) is 66.2 Å². The molecule has 0 saturated carbocycles. The summed E-state index contributed by atoms with van der Waals surface area (Å²) in [5.74, 6) is -0.352. The van der Waals surface area contributed by atoms with Crippen molar-refractivity contribution in [1.82, 2.24) is 4.90 Å². The number of anilines is 1. The molecule has 1 fully saturated rings. The van der Waals surface area contributed by atoms with Crippen LogP contribution in [-0.2, 0) is 20.9 Å². The Bertz CT molecular complexity index is 688. The summed E-state index contributed by atoms with van der Waals surface area (Å²) in [6.07, 6.45) is -0.690. The molecule has 3 rings (SSSR count). The smallest absolute Gasteiger partial charge is 0.252 e. The molecule has 1 heterocycles. The van der Waals surface area contributed by atoms with Crippen LogP contribution < -0.4 is 5.32 Å². The number of ether oxygens (including phenoxy) is 1. The second-order valence-corrected chi connectivity index (χ2v) is 5.72. The van der Waals surface area contributed by atoms with Gasteiger partial charge in [-0.2, -0.15) is 0 Å². The van der Waals surface area contributed by atoms with Crippen molar-refractivity contribution in [2.24, 2.45) is 0 Å². The predicted molar refractivity (Wildman–Crippen MR) is 91.3 cm³/mol. The molecule has 2 amide bonds. The number of hydrogen-bond acceptors (Lipinski definition) is 3. The summed E-state index contributed by atoms with van der Waals surface area (Å²) < 4.78 is 5.51. The predicted octanol–water partition coefficient (Wildman–Crippen LogP) is 2.44. The van der Waals surface area contributed by atoms with Crippen LogP contribution in [0.3, 0.4) is 0 Å². The number of benzene rings is 2. The number of nitrogens with zero attached hydrogens (tertiary/aromatic N) is 1. The largest absolute Gasteiger partial charge is 0.366 e. The molecular weight excluding hydrogens is 304 g/mol. The molecule has 2 aromatic rings. The third kappa shape index (κ3) is 4.20. The van der Waals surface area contributed by atoms with E-state index >= 15 is 0 Å². The van der Waals surface area contributed by atoms with Crippen LogP contribution in [0.2, 0.25) is 0 Å². The molecule has 0 aromatic heterocycles. The molecule has 124 valence electrons. The highest BCUT2D eigenvalue weighted by Crippen LogP contribution is 2.15. The van der Waals surface area contributed by atoms with Gasteiger partial charge in [-0.3, -0.25) is 9.59 Å². The summed E-state index contributed by atoms with van der Waals surface area (Å²) in [6.45, 7) is 1.53. The van der Waals surface area contributed by atoms with Crippen LogP contribution in [0, 0.1) is 0 Å². The number of nitrogens with one attached hydrogen (secondary N) is 1. The molecule has 1 aliphatic heterocycles. The number of carbonyl (C=O) groups is 2. The average Bonchev–Trinajstić information content (AvgIpc) is 2.60. The lowest BCUT2D eigenvalue weighted by atomic mass is 10.1. The summed E-state index contributed by atoms with van der Waals surface area (Å²) >= 11 is 0. The Morgan fingerprint density at radius 1 is 1.08 bits per heavy atom. The van der Waals surface area contributed by atoms with Gasteiger partial charge in [-0.1, -0.05) is 48.5 Å². The third-order valence-electron chi connectivity index (χ3n) is 3.91. The third-order valence-corrected chi connectivity index (χ3v) is 3.91. The zero-order valence-corrected chi connectivity index (χ0v) is 13.4. The Balaban J connectivity index is 1.57. The molecule has 0 spiro atoms. The molecule has 1 atom stereocenters.